The van der Waals surface area contributed by atoms with Crippen LogP contribution in [0.5, 0.6) is 0 Å². The Morgan fingerprint density at radius 2 is 2.10 bits per heavy atom. The molecule has 6 nitrogen and oxygen atoms in total. The lowest BCUT2D eigenvalue weighted by Crippen LogP contribution is -2.04. The number of hydrogen-bond donors (Lipinski definition) is 0. The van der Waals surface area contributed by atoms with E-state index in [1.54, 1.807) is 12.1 Å². The van der Waals surface area contributed by atoms with Crippen molar-refractivity contribution in [2.24, 2.45) is 7.05 Å². The molecule has 6 heteroatoms. The van der Waals surface area contributed by atoms with E-state index >= 15 is 0 Å². The molecule has 2 aromatic heterocycles. The van der Waals surface area contributed by atoms with Gasteiger partial charge in [-0.3, -0.25) is 14.8 Å². The zero-order valence-electron chi connectivity index (χ0n) is 11.3. The van der Waals surface area contributed by atoms with Gasteiger partial charge in [0, 0.05) is 30.8 Å². The van der Waals surface area contributed by atoms with Crippen LogP contribution in [0.2, 0.25) is 0 Å². The van der Waals surface area contributed by atoms with Gasteiger partial charge in [-0.25, -0.2) is 0 Å². The second-order valence-electron chi connectivity index (χ2n) is 4.84. The van der Waals surface area contributed by atoms with Gasteiger partial charge in [-0.1, -0.05) is 0 Å². The molecular formula is C14H14N4O2. The molecule has 0 aliphatic rings. The van der Waals surface area contributed by atoms with Gasteiger partial charge in [0.2, 0.25) is 0 Å². The van der Waals surface area contributed by atoms with Crippen molar-refractivity contribution in [1.29, 1.82) is 0 Å². The number of hydrogen-bond acceptors (Lipinski definition) is 3. The molecule has 0 aliphatic heterocycles. The van der Waals surface area contributed by atoms with Gasteiger partial charge in [0.05, 0.1) is 28.4 Å². The fourth-order valence-corrected chi connectivity index (χ4v) is 2.41. The first-order valence-corrected chi connectivity index (χ1v) is 6.27. The number of non-ortho nitro benzene ring substituents is 1. The quantitative estimate of drug-likeness (QED) is 0.543. The first-order chi connectivity index (χ1) is 9.54. The summed E-state index contributed by atoms with van der Waals surface area (Å²) in [7, 11) is 1.90. The monoisotopic (exact) mass is 270 g/mol. The number of aryl methyl sites for hydroxylation is 2. The molecule has 0 spiro atoms. The lowest BCUT2D eigenvalue weighted by atomic mass is 10.2. The highest BCUT2D eigenvalue weighted by atomic mass is 16.6. The van der Waals surface area contributed by atoms with Crippen molar-refractivity contribution < 1.29 is 4.92 Å². The second-order valence-corrected chi connectivity index (χ2v) is 4.84. The first-order valence-electron chi connectivity index (χ1n) is 6.27. The van der Waals surface area contributed by atoms with Gasteiger partial charge < -0.3 is 4.57 Å². The van der Waals surface area contributed by atoms with Crippen LogP contribution in [-0.2, 0) is 13.6 Å². The Bertz CT molecular complexity index is 801. The van der Waals surface area contributed by atoms with E-state index in [9.17, 15) is 10.1 Å². The smallest absolute Gasteiger partial charge is 0.271 e. The van der Waals surface area contributed by atoms with E-state index in [2.05, 4.69) is 5.10 Å². The third-order valence-electron chi connectivity index (χ3n) is 3.40. The van der Waals surface area contributed by atoms with Crippen molar-refractivity contribution >= 4 is 16.6 Å². The molecule has 3 rings (SSSR count). The molecule has 0 saturated heterocycles. The van der Waals surface area contributed by atoms with Crippen molar-refractivity contribution in [3.05, 3.63) is 58.0 Å². The van der Waals surface area contributed by atoms with Crippen molar-refractivity contribution in [2.45, 2.75) is 13.5 Å². The zero-order valence-corrected chi connectivity index (χ0v) is 11.3. The number of nitrogens with zero attached hydrogens (tertiary/aromatic N) is 4. The summed E-state index contributed by atoms with van der Waals surface area (Å²) in [4.78, 5) is 10.5. The molecule has 1 aromatic carbocycles. The van der Waals surface area contributed by atoms with Crippen LogP contribution in [0.4, 0.5) is 5.69 Å². The Kier molecular flexibility index (Phi) is 2.78. The summed E-state index contributed by atoms with van der Waals surface area (Å²) in [6.07, 6.45) is 1.94. The first kappa shape index (κ1) is 12.4. The molecule has 102 valence electrons. The summed E-state index contributed by atoms with van der Waals surface area (Å²) >= 11 is 0. The highest BCUT2D eigenvalue weighted by molar-refractivity contribution is 5.82. The largest absolute Gasteiger partial charge is 0.341 e. The lowest BCUT2D eigenvalue weighted by molar-refractivity contribution is -0.384. The molecule has 0 amide bonds. The van der Waals surface area contributed by atoms with Gasteiger partial charge >= 0.3 is 0 Å². The van der Waals surface area contributed by atoms with Crippen LogP contribution in [0.3, 0.4) is 0 Å². The molecule has 0 radical (unpaired) electrons. The minimum absolute atomic E-state index is 0.110. The SMILES string of the molecule is Cc1cc(Cn2ccc3ccc([N+](=O)[O-])cc32)n(C)n1. The summed E-state index contributed by atoms with van der Waals surface area (Å²) in [5.74, 6) is 0. The van der Waals surface area contributed by atoms with E-state index in [4.69, 9.17) is 0 Å². The molecule has 0 fully saturated rings. The fraction of sp³-hybridized carbons (Fsp3) is 0.214. The number of aromatic nitrogens is 3. The topological polar surface area (TPSA) is 65.9 Å². The van der Waals surface area contributed by atoms with Gasteiger partial charge in [0.15, 0.2) is 0 Å². The zero-order chi connectivity index (χ0) is 14.3. The number of fused-ring (bicyclic) bond motifs is 1. The van der Waals surface area contributed by atoms with Gasteiger partial charge in [-0.15, -0.1) is 0 Å². The van der Waals surface area contributed by atoms with Crippen LogP contribution in [0.15, 0.2) is 36.5 Å². The van der Waals surface area contributed by atoms with Gasteiger partial charge in [0.25, 0.3) is 5.69 Å². The maximum atomic E-state index is 10.9. The lowest BCUT2D eigenvalue weighted by Gasteiger charge is -2.05. The van der Waals surface area contributed by atoms with Gasteiger partial charge in [-0.2, -0.15) is 5.10 Å². The summed E-state index contributed by atoms with van der Waals surface area (Å²) in [6, 6.07) is 8.89. The van der Waals surface area contributed by atoms with E-state index in [-0.39, 0.29) is 10.6 Å². The van der Waals surface area contributed by atoms with Crippen LogP contribution >= 0.6 is 0 Å². The van der Waals surface area contributed by atoms with E-state index in [0.717, 1.165) is 22.3 Å². The van der Waals surface area contributed by atoms with Crippen molar-refractivity contribution in [2.75, 3.05) is 0 Å². The Hall–Kier alpha value is -2.63. The molecule has 0 unspecified atom stereocenters. The number of nitro benzene ring substituents is 1. The molecule has 0 aliphatic carbocycles. The summed E-state index contributed by atoms with van der Waals surface area (Å²) in [5, 5.41) is 16.2. The summed E-state index contributed by atoms with van der Waals surface area (Å²) in [6.45, 7) is 2.59. The van der Waals surface area contributed by atoms with Crippen molar-refractivity contribution in [1.82, 2.24) is 14.3 Å². The average Bonchev–Trinajstić information content (AvgIpc) is 2.93. The van der Waals surface area contributed by atoms with E-state index in [0.29, 0.717) is 6.54 Å². The summed E-state index contributed by atoms with van der Waals surface area (Å²) in [5.41, 5.74) is 2.99. The van der Waals surface area contributed by atoms with E-state index in [1.165, 1.54) is 6.07 Å². The van der Waals surface area contributed by atoms with Crippen molar-refractivity contribution in [3.8, 4) is 0 Å². The number of rotatable bonds is 3. The molecular weight excluding hydrogens is 256 g/mol. The Labute approximate surface area is 115 Å². The standard InChI is InChI=1S/C14H14N4O2/c1-10-7-13(16(2)15-10)9-17-6-5-11-3-4-12(18(19)20)8-14(11)17/h3-8H,9H2,1-2H3. The van der Waals surface area contributed by atoms with Crippen LogP contribution in [-0.4, -0.2) is 19.3 Å². The Balaban J connectivity index is 2.05. The maximum absolute atomic E-state index is 10.9. The van der Waals surface area contributed by atoms with Crippen LogP contribution in [0.1, 0.15) is 11.4 Å². The van der Waals surface area contributed by atoms with E-state index < -0.39 is 0 Å². The summed E-state index contributed by atoms with van der Waals surface area (Å²) < 4.78 is 3.83. The minimum Gasteiger partial charge on any atom is -0.341 e. The fourth-order valence-electron chi connectivity index (χ4n) is 2.41. The van der Waals surface area contributed by atoms with Crippen LogP contribution < -0.4 is 0 Å². The average molecular weight is 270 g/mol. The molecule has 0 saturated carbocycles. The maximum Gasteiger partial charge on any atom is 0.271 e. The predicted molar refractivity (Wildman–Crippen MR) is 75.6 cm³/mol. The third-order valence-corrected chi connectivity index (χ3v) is 3.40. The minimum atomic E-state index is -0.370. The molecule has 0 atom stereocenters. The molecule has 20 heavy (non-hydrogen) atoms. The van der Waals surface area contributed by atoms with Crippen molar-refractivity contribution in [3.63, 3.8) is 0 Å². The number of benzene rings is 1. The predicted octanol–water partition coefficient (Wildman–Crippen LogP) is 2.64. The van der Waals surface area contributed by atoms with E-state index in [1.807, 2.05) is 41.5 Å². The Morgan fingerprint density at radius 3 is 2.75 bits per heavy atom. The molecule has 2 heterocycles. The third kappa shape index (κ3) is 2.05. The molecule has 3 aromatic rings. The second kappa shape index (κ2) is 4.48. The highest BCUT2D eigenvalue weighted by Gasteiger charge is 2.10. The highest BCUT2D eigenvalue weighted by Crippen LogP contribution is 2.22. The molecule has 0 bridgehead atoms. The number of nitro groups is 1. The van der Waals surface area contributed by atoms with Crippen LogP contribution in [0.25, 0.3) is 10.9 Å². The normalized spacial score (nSPS) is 11.1. The Morgan fingerprint density at radius 1 is 1.30 bits per heavy atom. The van der Waals surface area contributed by atoms with Gasteiger partial charge in [-0.05, 0) is 25.1 Å². The van der Waals surface area contributed by atoms with Gasteiger partial charge in [0.1, 0.15) is 0 Å². The molecule has 0 N–H and O–H groups in total. The van der Waals surface area contributed by atoms with Crippen LogP contribution in [0, 0.1) is 17.0 Å².